The van der Waals surface area contributed by atoms with Crippen molar-refractivity contribution in [3.63, 3.8) is 0 Å². The maximum Gasteiger partial charge on any atom is 0.230 e. The second kappa shape index (κ2) is 8.05. The Morgan fingerprint density at radius 1 is 0.742 bits per heavy atom. The highest BCUT2D eigenvalue weighted by atomic mass is 79.9. The largest absolute Gasteiger partial charge is 0.461 e. The molecule has 1 aliphatic heterocycles. The van der Waals surface area contributed by atoms with Crippen molar-refractivity contribution in [1.29, 1.82) is 0 Å². The Morgan fingerprint density at radius 3 is 1.68 bits per heavy atom. The summed E-state index contributed by atoms with van der Waals surface area (Å²) in [6, 6.07) is 36.8. The third kappa shape index (κ3) is 3.15. The van der Waals surface area contributed by atoms with Crippen LogP contribution in [0.5, 0.6) is 5.75 Å². The Hall–Kier alpha value is -3.37. The third-order valence-electron chi connectivity index (χ3n) is 5.74. The van der Waals surface area contributed by atoms with Crippen LogP contribution in [0.2, 0.25) is 0 Å². The first-order chi connectivity index (χ1) is 15.2. The summed E-state index contributed by atoms with van der Waals surface area (Å²) in [5.41, 5.74) is 3.27. The summed E-state index contributed by atoms with van der Waals surface area (Å²) in [7, 11) is 0. The average Bonchev–Trinajstić information content (AvgIpc) is 3.20. The fraction of sp³-hybridized carbons (Fsp3) is 0.0741. The van der Waals surface area contributed by atoms with Gasteiger partial charge in [0.1, 0.15) is 11.3 Å². The van der Waals surface area contributed by atoms with Gasteiger partial charge in [-0.1, -0.05) is 107 Å². The number of halogens is 1. The first kappa shape index (κ1) is 19.6. The molecule has 5 rings (SSSR count). The number of carbonyl (C=O) groups is 1. The number of ether oxygens (including phenoxy) is 1. The molecule has 4 heteroatoms. The van der Waals surface area contributed by atoms with Gasteiger partial charge < -0.3 is 9.64 Å². The summed E-state index contributed by atoms with van der Waals surface area (Å²) < 4.78 is 7.05. The molecule has 1 unspecified atom stereocenters. The average molecular weight is 470 g/mol. The number of hydrogen-bond donors (Lipinski definition) is 0. The zero-order valence-corrected chi connectivity index (χ0v) is 18.3. The van der Waals surface area contributed by atoms with Gasteiger partial charge in [0.15, 0.2) is 6.29 Å². The van der Waals surface area contributed by atoms with Gasteiger partial charge in [0.05, 0.1) is 5.69 Å². The highest BCUT2D eigenvalue weighted by Crippen LogP contribution is 2.51. The molecule has 31 heavy (non-hydrogen) atoms. The van der Waals surface area contributed by atoms with Crippen LogP contribution in [0.1, 0.15) is 16.7 Å². The van der Waals surface area contributed by atoms with Crippen molar-refractivity contribution in [3.05, 3.63) is 130 Å². The van der Waals surface area contributed by atoms with Gasteiger partial charge in [-0.2, -0.15) is 0 Å². The van der Waals surface area contributed by atoms with E-state index in [1.807, 2.05) is 72.8 Å². The Bertz CT molecular complexity index is 1100. The van der Waals surface area contributed by atoms with Crippen molar-refractivity contribution in [1.82, 2.24) is 0 Å². The molecule has 0 fully saturated rings. The second-order valence-electron chi connectivity index (χ2n) is 7.44. The van der Waals surface area contributed by atoms with Crippen LogP contribution < -0.4 is 9.64 Å². The molecule has 0 radical (unpaired) electrons. The van der Waals surface area contributed by atoms with Crippen LogP contribution in [-0.4, -0.2) is 12.5 Å². The maximum absolute atomic E-state index is 12.3. The first-order valence-corrected chi connectivity index (χ1v) is 10.9. The van der Waals surface area contributed by atoms with E-state index in [-0.39, 0.29) is 0 Å². The highest BCUT2D eigenvalue weighted by Gasteiger charge is 2.49. The van der Waals surface area contributed by atoms with E-state index < -0.39 is 11.8 Å². The van der Waals surface area contributed by atoms with Gasteiger partial charge in [-0.3, -0.25) is 4.79 Å². The van der Waals surface area contributed by atoms with Crippen molar-refractivity contribution in [2.24, 2.45) is 0 Å². The molecule has 4 aromatic carbocycles. The summed E-state index contributed by atoms with van der Waals surface area (Å²) >= 11 is 3.53. The number of aldehydes is 1. The van der Waals surface area contributed by atoms with E-state index in [9.17, 15) is 4.79 Å². The molecule has 0 aliphatic carbocycles. The number of carbonyl (C=O) groups excluding carboxylic acids is 1. The van der Waals surface area contributed by atoms with Crippen LogP contribution in [0.4, 0.5) is 5.69 Å². The lowest BCUT2D eigenvalue weighted by molar-refractivity contribution is -0.113. The topological polar surface area (TPSA) is 29.5 Å². The van der Waals surface area contributed by atoms with Crippen LogP contribution in [0.15, 0.2) is 114 Å². The van der Waals surface area contributed by atoms with Crippen molar-refractivity contribution in [2.75, 3.05) is 4.90 Å². The van der Waals surface area contributed by atoms with Crippen LogP contribution in [0.3, 0.4) is 0 Å². The summed E-state index contributed by atoms with van der Waals surface area (Å²) in [6.07, 6.45) is 0.0993. The maximum atomic E-state index is 12.3. The molecule has 0 saturated carbocycles. The molecule has 3 nitrogen and oxygen atoms in total. The number of rotatable bonds is 5. The quantitative estimate of drug-likeness (QED) is 0.258. The molecular formula is C27H20BrNO2. The van der Waals surface area contributed by atoms with Gasteiger partial charge in [-0.05, 0) is 34.9 Å². The SMILES string of the molecule is O=CC1Oc2cc(Br)ccc2N1C(c1ccccc1)(c1ccccc1)c1ccccc1. The van der Waals surface area contributed by atoms with Crippen molar-refractivity contribution < 1.29 is 9.53 Å². The molecule has 0 saturated heterocycles. The van der Waals surface area contributed by atoms with Crippen molar-refractivity contribution in [3.8, 4) is 5.75 Å². The molecular weight excluding hydrogens is 450 g/mol. The van der Waals surface area contributed by atoms with E-state index in [0.717, 1.165) is 33.1 Å². The third-order valence-corrected chi connectivity index (χ3v) is 6.23. The Kier molecular flexibility index (Phi) is 5.08. The van der Waals surface area contributed by atoms with Crippen molar-refractivity contribution >= 4 is 27.9 Å². The molecule has 1 atom stereocenters. The molecule has 0 amide bonds. The fourth-order valence-corrected chi connectivity index (χ4v) is 4.86. The number of benzene rings is 4. The standard InChI is InChI=1S/C27H20BrNO2/c28-23-16-17-24-25(18-23)31-26(19-30)29(24)27(20-10-4-1-5-11-20,21-12-6-2-7-13-21)22-14-8-3-9-15-22/h1-19,26H. The zero-order chi connectivity index (χ0) is 21.3. The van der Waals surface area contributed by atoms with Crippen LogP contribution in [-0.2, 0) is 10.3 Å². The summed E-state index contributed by atoms with van der Waals surface area (Å²) in [5.74, 6) is 0.679. The fourth-order valence-electron chi connectivity index (χ4n) is 4.52. The van der Waals surface area contributed by atoms with Crippen LogP contribution in [0.25, 0.3) is 0 Å². The molecule has 1 heterocycles. The zero-order valence-electron chi connectivity index (χ0n) is 16.7. The molecule has 152 valence electrons. The van der Waals surface area contributed by atoms with Crippen LogP contribution >= 0.6 is 15.9 Å². The number of fused-ring (bicyclic) bond motifs is 1. The minimum atomic E-state index is -0.773. The van der Waals surface area contributed by atoms with E-state index in [2.05, 4.69) is 57.2 Å². The molecule has 0 bridgehead atoms. The molecule has 0 spiro atoms. The molecule has 4 aromatic rings. The van der Waals surface area contributed by atoms with Gasteiger partial charge >= 0.3 is 0 Å². The van der Waals surface area contributed by atoms with E-state index in [1.165, 1.54) is 0 Å². The number of hydrogen-bond acceptors (Lipinski definition) is 3. The number of nitrogens with zero attached hydrogens (tertiary/aromatic N) is 1. The Labute approximate surface area is 190 Å². The normalized spacial score (nSPS) is 15.3. The van der Waals surface area contributed by atoms with Crippen LogP contribution in [0, 0.1) is 0 Å². The second-order valence-corrected chi connectivity index (χ2v) is 8.35. The number of anilines is 1. The smallest absolute Gasteiger partial charge is 0.230 e. The lowest BCUT2D eigenvalue weighted by Crippen LogP contribution is -2.53. The summed E-state index contributed by atoms with van der Waals surface area (Å²) in [4.78, 5) is 14.4. The Balaban J connectivity index is 1.90. The molecule has 0 aromatic heterocycles. The van der Waals surface area contributed by atoms with E-state index in [0.29, 0.717) is 5.75 Å². The minimum Gasteiger partial charge on any atom is -0.461 e. The van der Waals surface area contributed by atoms with Gasteiger partial charge in [0.2, 0.25) is 6.23 Å². The predicted octanol–water partition coefficient (Wildman–Crippen LogP) is 6.17. The lowest BCUT2D eigenvalue weighted by Gasteiger charge is -2.45. The van der Waals surface area contributed by atoms with Gasteiger partial charge in [-0.25, -0.2) is 0 Å². The predicted molar refractivity (Wildman–Crippen MR) is 126 cm³/mol. The van der Waals surface area contributed by atoms with E-state index in [1.54, 1.807) is 0 Å². The molecule has 0 N–H and O–H groups in total. The Morgan fingerprint density at radius 2 is 1.23 bits per heavy atom. The van der Waals surface area contributed by atoms with E-state index >= 15 is 0 Å². The highest BCUT2D eigenvalue weighted by molar-refractivity contribution is 9.10. The van der Waals surface area contributed by atoms with E-state index in [4.69, 9.17) is 4.74 Å². The van der Waals surface area contributed by atoms with Gasteiger partial charge in [0, 0.05) is 4.47 Å². The van der Waals surface area contributed by atoms with Gasteiger partial charge in [0.25, 0.3) is 0 Å². The summed E-state index contributed by atoms with van der Waals surface area (Å²) in [5, 5.41) is 0. The van der Waals surface area contributed by atoms with Gasteiger partial charge in [-0.15, -0.1) is 0 Å². The monoisotopic (exact) mass is 469 g/mol. The molecule has 1 aliphatic rings. The minimum absolute atomic E-state index is 0.679. The van der Waals surface area contributed by atoms with Crippen molar-refractivity contribution in [2.45, 2.75) is 11.8 Å². The first-order valence-electron chi connectivity index (χ1n) is 10.1. The lowest BCUT2D eigenvalue weighted by atomic mass is 9.75. The summed E-state index contributed by atoms with van der Waals surface area (Å²) in [6.45, 7) is 0.